The SMILES string of the molecule is CCN(CC)S(=O)(=O)c1cc(C(=O)N2CCN3C(=O)NC(=O)C3C2)ccc1Cl. The van der Waals surface area contributed by atoms with Crippen LogP contribution in [0.25, 0.3) is 0 Å². The van der Waals surface area contributed by atoms with Gasteiger partial charge in [0, 0.05) is 31.7 Å². The van der Waals surface area contributed by atoms with Gasteiger partial charge >= 0.3 is 6.03 Å². The van der Waals surface area contributed by atoms with Crippen LogP contribution in [0.2, 0.25) is 5.02 Å². The van der Waals surface area contributed by atoms with Crippen molar-refractivity contribution in [3.63, 3.8) is 0 Å². The van der Waals surface area contributed by atoms with Crippen molar-refractivity contribution in [1.29, 1.82) is 0 Å². The zero-order chi connectivity index (χ0) is 20.6. The van der Waals surface area contributed by atoms with Crippen molar-refractivity contribution in [2.24, 2.45) is 0 Å². The number of urea groups is 1. The molecule has 9 nitrogen and oxygen atoms in total. The van der Waals surface area contributed by atoms with E-state index in [0.717, 1.165) is 0 Å². The molecule has 2 heterocycles. The fourth-order valence-electron chi connectivity index (χ4n) is 3.41. The Bertz CT molecular complexity index is 931. The van der Waals surface area contributed by atoms with Crippen LogP contribution in [0.4, 0.5) is 4.79 Å². The first-order chi connectivity index (χ1) is 13.2. The van der Waals surface area contributed by atoms with E-state index in [9.17, 15) is 22.8 Å². The standard InChI is InChI=1S/C17H21ClN4O5S/c1-3-21(4-2)28(26,27)14-9-11(5-6-12(14)18)16(24)20-7-8-22-13(10-20)15(23)19-17(22)25/h5-6,9,13H,3-4,7-8,10H2,1-2H3,(H,19,23,25). The first-order valence-corrected chi connectivity index (χ1v) is 10.7. The summed E-state index contributed by atoms with van der Waals surface area (Å²) in [5, 5.41) is 2.26. The Hall–Kier alpha value is -2.17. The van der Waals surface area contributed by atoms with E-state index in [1.54, 1.807) is 13.8 Å². The average molecular weight is 429 g/mol. The Labute approximate surface area is 168 Å². The molecule has 0 spiro atoms. The Morgan fingerprint density at radius 3 is 2.57 bits per heavy atom. The smallest absolute Gasteiger partial charge is 0.324 e. The maximum atomic E-state index is 12.9. The third-order valence-corrected chi connectivity index (χ3v) is 7.49. The normalized spacial score (nSPS) is 19.8. The van der Waals surface area contributed by atoms with E-state index in [1.807, 2.05) is 0 Å². The van der Waals surface area contributed by atoms with Crippen molar-refractivity contribution in [3.05, 3.63) is 28.8 Å². The van der Waals surface area contributed by atoms with Crippen LogP contribution < -0.4 is 5.32 Å². The monoisotopic (exact) mass is 428 g/mol. The molecule has 1 unspecified atom stereocenters. The fourth-order valence-corrected chi connectivity index (χ4v) is 5.37. The third kappa shape index (κ3) is 3.47. The van der Waals surface area contributed by atoms with Gasteiger partial charge < -0.3 is 9.80 Å². The molecule has 11 heteroatoms. The molecule has 2 saturated heterocycles. The number of sulfonamides is 1. The number of benzene rings is 1. The van der Waals surface area contributed by atoms with Crippen LogP contribution in [0.5, 0.6) is 0 Å². The molecule has 0 bridgehead atoms. The van der Waals surface area contributed by atoms with E-state index in [4.69, 9.17) is 11.6 Å². The van der Waals surface area contributed by atoms with Crippen molar-refractivity contribution >= 4 is 39.5 Å². The number of carbonyl (C=O) groups is 3. The first kappa shape index (κ1) is 20.6. The Morgan fingerprint density at radius 1 is 1.25 bits per heavy atom. The number of hydrogen-bond donors (Lipinski definition) is 1. The molecule has 1 N–H and O–H groups in total. The molecule has 1 atom stereocenters. The molecule has 152 valence electrons. The van der Waals surface area contributed by atoms with E-state index in [-0.39, 0.29) is 48.2 Å². The van der Waals surface area contributed by atoms with Gasteiger partial charge in [-0.1, -0.05) is 25.4 Å². The van der Waals surface area contributed by atoms with Crippen LogP contribution in [0.15, 0.2) is 23.1 Å². The van der Waals surface area contributed by atoms with Gasteiger partial charge in [-0.25, -0.2) is 13.2 Å². The van der Waals surface area contributed by atoms with E-state index in [0.29, 0.717) is 0 Å². The summed E-state index contributed by atoms with van der Waals surface area (Å²) in [5.41, 5.74) is 0.160. The molecule has 2 fully saturated rings. The van der Waals surface area contributed by atoms with Crippen LogP contribution in [0, 0.1) is 0 Å². The van der Waals surface area contributed by atoms with Gasteiger partial charge in [-0.3, -0.25) is 14.9 Å². The Kier molecular flexibility index (Phi) is 5.64. The molecule has 4 amide bonds. The van der Waals surface area contributed by atoms with Gasteiger partial charge in [-0.05, 0) is 18.2 Å². The molecule has 0 aromatic heterocycles. The van der Waals surface area contributed by atoms with Crippen LogP contribution in [-0.4, -0.2) is 79.1 Å². The lowest BCUT2D eigenvalue weighted by Gasteiger charge is -2.35. The summed E-state index contributed by atoms with van der Waals surface area (Å²) < 4.78 is 26.9. The van der Waals surface area contributed by atoms with E-state index < -0.39 is 33.9 Å². The number of hydrogen-bond acceptors (Lipinski definition) is 5. The summed E-state index contributed by atoms with van der Waals surface area (Å²) in [6.45, 7) is 4.52. The Morgan fingerprint density at radius 2 is 1.93 bits per heavy atom. The molecule has 0 aliphatic carbocycles. The molecular weight excluding hydrogens is 408 g/mol. The van der Waals surface area contributed by atoms with Gasteiger partial charge in [-0.2, -0.15) is 4.31 Å². The molecule has 0 saturated carbocycles. The van der Waals surface area contributed by atoms with Gasteiger partial charge in [0.15, 0.2) is 0 Å². The zero-order valence-corrected chi connectivity index (χ0v) is 17.1. The molecule has 2 aliphatic rings. The summed E-state index contributed by atoms with van der Waals surface area (Å²) in [6.07, 6.45) is 0. The molecule has 1 aromatic rings. The second kappa shape index (κ2) is 7.69. The van der Waals surface area contributed by atoms with Crippen molar-refractivity contribution in [1.82, 2.24) is 19.4 Å². The lowest BCUT2D eigenvalue weighted by Crippen LogP contribution is -2.54. The minimum atomic E-state index is -3.84. The van der Waals surface area contributed by atoms with Crippen LogP contribution in [0.3, 0.4) is 0 Å². The predicted octanol–water partition coefficient (Wildman–Crippen LogP) is 0.747. The van der Waals surface area contributed by atoms with Crippen molar-refractivity contribution in [2.45, 2.75) is 24.8 Å². The number of rotatable bonds is 5. The highest BCUT2D eigenvalue weighted by Gasteiger charge is 2.43. The van der Waals surface area contributed by atoms with Crippen LogP contribution >= 0.6 is 11.6 Å². The molecule has 28 heavy (non-hydrogen) atoms. The number of imide groups is 1. The lowest BCUT2D eigenvalue weighted by atomic mass is 10.1. The predicted molar refractivity (Wildman–Crippen MR) is 101 cm³/mol. The van der Waals surface area contributed by atoms with Crippen molar-refractivity contribution in [2.75, 3.05) is 32.7 Å². The van der Waals surface area contributed by atoms with E-state index in [2.05, 4.69) is 5.32 Å². The van der Waals surface area contributed by atoms with Gasteiger partial charge in [-0.15, -0.1) is 0 Å². The lowest BCUT2D eigenvalue weighted by molar-refractivity contribution is -0.122. The summed E-state index contributed by atoms with van der Waals surface area (Å²) in [5.74, 6) is -0.858. The minimum Gasteiger partial charge on any atom is -0.334 e. The first-order valence-electron chi connectivity index (χ1n) is 8.91. The maximum Gasteiger partial charge on any atom is 0.324 e. The maximum absolute atomic E-state index is 12.9. The van der Waals surface area contributed by atoms with Crippen LogP contribution in [-0.2, 0) is 14.8 Å². The van der Waals surface area contributed by atoms with Gasteiger partial charge in [0.05, 0.1) is 11.6 Å². The fraction of sp³-hybridized carbons (Fsp3) is 0.471. The number of fused-ring (bicyclic) bond motifs is 1. The second-order valence-corrected chi connectivity index (χ2v) is 8.80. The molecule has 2 aliphatic heterocycles. The molecule has 3 rings (SSSR count). The number of halogens is 1. The molecular formula is C17H21ClN4O5S. The minimum absolute atomic E-state index is 0.0361. The number of carbonyl (C=O) groups excluding carboxylic acids is 3. The van der Waals surface area contributed by atoms with Crippen LogP contribution in [0.1, 0.15) is 24.2 Å². The number of piperazine rings is 1. The molecule has 1 aromatic carbocycles. The quantitative estimate of drug-likeness (QED) is 0.696. The van der Waals surface area contributed by atoms with E-state index in [1.165, 1.54) is 32.3 Å². The summed E-state index contributed by atoms with van der Waals surface area (Å²) in [6, 6.07) is 2.92. The highest BCUT2D eigenvalue weighted by molar-refractivity contribution is 7.89. The largest absolute Gasteiger partial charge is 0.334 e. The topological polar surface area (TPSA) is 107 Å². The second-order valence-electron chi connectivity index (χ2n) is 6.49. The van der Waals surface area contributed by atoms with Gasteiger partial charge in [0.1, 0.15) is 10.9 Å². The number of amides is 4. The summed E-state index contributed by atoms with van der Waals surface area (Å²) in [4.78, 5) is 39.2. The number of nitrogens with one attached hydrogen (secondary N) is 1. The Balaban J connectivity index is 1.88. The highest BCUT2D eigenvalue weighted by atomic mass is 35.5. The molecule has 0 radical (unpaired) electrons. The van der Waals surface area contributed by atoms with Crippen molar-refractivity contribution < 1.29 is 22.8 Å². The summed E-state index contributed by atoms with van der Waals surface area (Å²) in [7, 11) is -3.84. The number of nitrogens with zero attached hydrogens (tertiary/aromatic N) is 3. The van der Waals surface area contributed by atoms with Crippen molar-refractivity contribution in [3.8, 4) is 0 Å². The highest BCUT2D eigenvalue weighted by Crippen LogP contribution is 2.27. The van der Waals surface area contributed by atoms with Gasteiger partial charge in [0.25, 0.3) is 11.8 Å². The van der Waals surface area contributed by atoms with Gasteiger partial charge in [0.2, 0.25) is 10.0 Å². The third-order valence-electron chi connectivity index (χ3n) is 4.96. The van der Waals surface area contributed by atoms with E-state index >= 15 is 0 Å². The zero-order valence-electron chi connectivity index (χ0n) is 15.5. The average Bonchev–Trinajstić information content (AvgIpc) is 2.95. The summed E-state index contributed by atoms with van der Waals surface area (Å²) >= 11 is 6.11.